The van der Waals surface area contributed by atoms with Gasteiger partial charge >= 0.3 is 0 Å². The zero-order valence-electron chi connectivity index (χ0n) is 13.0. The summed E-state index contributed by atoms with van der Waals surface area (Å²) in [5.74, 6) is -0.190. The Morgan fingerprint density at radius 3 is 2.86 bits per heavy atom. The van der Waals surface area contributed by atoms with Crippen LogP contribution in [-0.4, -0.2) is 55.0 Å². The van der Waals surface area contributed by atoms with Gasteiger partial charge in [-0.05, 0) is 38.1 Å². The topological polar surface area (TPSA) is 35.6 Å². The first-order valence-corrected chi connectivity index (χ1v) is 7.40. The van der Waals surface area contributed by atoms with Crippen LogP contribution < -0.4 is 5.32 Å². The molecule has 0 aliphatic carbocycles. The van der Waals surface area contributed by atoms with Gasteiger partial charge in [0.15, 0.2) is 0 Å². The fourth-order valence-electron chi connectivity index (χ4n) is 2.67. The molecule has 2 rings (SSSR count). The molecule has 0 spiro atoms. The molecule has 1 N–H and O–H groups in total. The van der Waals surface area contributed by atoms with Crippen LogP contribution in [0.25, 0.3) is 0 Å². The molecule has 0 saturated carbocycles. The summed E-state index contributed by atoms with van der Waals surface area (Å²) in [5, 5.41) is 2.91. The Bertz CT molecular complexity index is 506. The predicted octanol–water partition coefficient (Wildman–Crippen LogP) is 1.39. The molecule has 0 bridgehead atoms. The quantitative estimate of drug-likeness (QED) is 0.911. The van der Waals surface area contributed by atoms with Crippen molar-refractivity contribution in [3.05, 3.63) is 35.1 Å². The van der Waals surface area contributed by atoms with E-state index in [1.807, 2.05) is 0 Å². The van der Waals surface area contributed by atoms with Crippen LogP contribution in [0.4, 0.5) is 4.39 Å². The number of amides is 1. The van der Waals surface area contributed by atoms with Crippen molar-refractivity contribution < 1.29 is 9.18 Å². The summed E-state index contributed by atoms with van der Waals surface area (Å²) in [7, 11) is 2.10. The van der Waals surface area contributed by atoms with Crippen molar-refractivity contribution in [3.63, 3.8) is 0 Å². The third-order valence-electron chi connectivity index (χ3n) is 4.03. The number of likely N-dealkylation sites (N-methyl/N-ethyl adjacent to an activating group) is 1. The maximum Gasteiger partial charge on any atom is 0.234 e. The van der Waals surface area contributed by atoms with E-state index in [4.69, 9.17) is 0 Å². The molecule has 1 aromatic rings. The molecular formula is C16H24FN3O. The number of benzene rings is 1. The predicted molar refractivity (Wildman–Crippen MR) is 81.5 cm³/mol. The molecule has 1 heterocycles. The lowest BCUT2D eigenvalue weighted by molar-refractivity contribution is -0.123. The summed E-state index contributed by atoms with van der Waals surface area (Å²) in [6.07, 6.45) is 0. The van der Waals surface area contributed by atoms with E-state index in [1.165, 1.54) is 6.07 Å². The van der Waals surface area contributed by atoms with Gasteiger partial charge in [-0.3, -0.25) is 9.69 Å². The fourth-order valence-corrected chi connectivity index (χ4v) is 2.67. The van der Waals surface area contributed by atoms with Gasteiger partial charge in [-0.2, -0.15) is 0 Å². The number of carbonyl (C=O) groups excluding carboxylic acids is 1. The van der Waals surface area contributed by atoms with Crippen molar-refractivity contribution in [2.24, 2.45) is 0 Å². The Balaban J connectivity index is 1.80. The lowest BCUT2D eigenvalue weighted by Crippen LogP contribution is -2.53. The molecule has 4 nitrogen and oxygen atoms in total. The lowest BCUT2D eigenvalue weighted by Gasteiger charge is -2.37. The SMILES string of the molecule is Cc1cc(CNC(=O)CN2CCN(C)CC2C)ccc1F. The molecule has 0 aromatic heterocycles. The number of nitrogens with zero attached hydrogens (tertiary/aromatic N) is 2. The molecular weight excluding hydrogens is 269 g/mol. The fraction of sp³-hybridized carbons (Fsp3) is 0.562. The van der Waals surface area contributed by atoms with Gasteiger partial charge in [-0.25, -0.2) is 4.39 Å². The number of nitrogens with one attached hydrogen (secondary N) is 1. The van der Waals surface area contributed by atoms with Crippen molar-refractivity contribution in [1.29, 1.82) is 0 Å². The van der Waals surface area contributed by atoms with E-state index in [9.17, 15) is 9.18 Å². The molecule has 1 aliphatic rings. The summed E-state index contributed by atoms with van der Waals surface area (Å²) in [6, 6.07) is 5.32. The molecule has 1 unspecified atom stereocenters. The highest BCUT2D eigenvalue weighted by Crippen LogP contribution is 2.09. The summed E-state index contributed by atoms with van der Waals surface area (Å²) >= 11 is 0. The highest BCUT2D eigenvalue weighted by molar-refractivity contribution is 5.78. The van der Waals surface area contributed by atoms with E-state index < -0.39 is 0 Å². The summed E-state index contributed by atoms with van der Waals surface area (Å²) in [6.45, 7) is 7.65. The monoisotopic (exact) mass is 293 g/mol. The van der Waals surface area contributed by atoms with Crippen LogP contribution in [0.15, 0.2) is 18.2 Å². The molecule has 0 radical (unpaired) electrons. The van der Waals surface area contributed by atoms with Gasteiger partial charge in [-0.15, -0.1) is 0 Å². The Morgan fingerprint density at radius 1 is 1.43 bits per heavy atom. The molecule has 21 heavy (non-hydrogen) atoms. The van der Waals surface area contributed by atoms with Gasteiger partial charge in [0.05, 0.1) is 6.54 Å². The molecule has 1 atom stereocenters. The second-order valence-corrected chi connectivity index (χ2v) is 5.94. The van der Waals surface area contributed by atoms with Crippen LogP contribution >= 0.6 is 0 Å². The molecule has 116 valence electrons. The van der Waals surface area contributed by atoms with Crippen LogP contribution in [0, 0.1) is 12.7 Å². The number of hydrogen-bond acceptors (Lipinski definition) is 3. The first-order chi connectivity index (χ1) is 9.95. The molecule has 1 fully saturated rings. The molecule has 1 amide bonds. The average molecular weight is 293 g/mol. The molecule has 1 aromatic carbocycles. The Hall–Kier alpha value is -1.46. The zero-order valence-corrected chi connectivity index (χ0v) is 13.0. The van der Waals surface area contributed by atoms with Crippen molar-refractivity contribution in [1.82, 2.24) is 15.1 Å². The molecule has 5 heteroatoms. The van der Waals surface area contributed by atoms with Gasteiger partial charge in [0.25, 0.3) is 0 Å². The van der Waals surface area contributed by atoms with Gasteiger partial charge in [-0.1, -0.05) is 12.1 Å². The first kappa shape index (κ1) is 15.9. The van der Waals surface area contributed by atoms with Crippen LogP contribution in [0.5, 0.6) is 0 Å². The van der Waals surface area contributed by atoms with Crippen molar-refractivity contribution in [2.75, 3.05) is 33.2 Å². The van der Waals surface area contributed by atoms with E-state index >= 15 is 0 Å². The van der Waals surface area contributed by atoms with E-state index in [1.54, 1.807) is 19.1 Å². The van der Waals surface area contributed by atoms with E-state index in [-0.39, 0.29) is 11.7 Å². The Morgan fingerprint density at radius 2 is 2.19 bits per heavy atom. The first-order valence-electron chi connectivity index (χ1n) is 7.40. The summed E-state index contributed by atoms with van der Waals surface area (Å²) < 4.78 is 13.2. The number of hydrogen-bond donors (Lipinski definition) is 1. The second kappa shape index (κ2) is 7.00. The maximum atomic E-state index is 13.2. The number of aryl methyl sites for hydroxylation is 1. The van der Waals surface area contributed by atoms with Gasteiger partial charge in [0, 0.05) is 32.2 Å². The van der Waals surface area contributed by atoms with E-state index in [2.05, 4.69) is 29.1 Å². The maximum absolute atomic E-state index is 13.2. The smallest absolute Gasteiger partial charge is 0.234 e. The molecule has 1 saturated heterocycles. The highest BCUT2D eigenvalue weighted by Gasteiger charge is 2.22. The number of rotatable bonds is 4. The normalized spacial score (nSPS) is 20.5. The standard InChI is InChI=1S/C16H24FN3O/c1-12-8-14(4-5-15(12)17)9-18-16(21)11-20-7-6-19(3)10-13(20)2/h4-5,8,13H,6-7,9-11H2,1-3H3,(H,18,21). The van der Waals surface area contributed by atoms with Gasteiger partial charge in [0.1, 0.15) is 5.82 Å². The van der Waals surface area contributed by atoms with E-state index in [0.29, 0.717) is 24.7 Å². The Kier molecular flexibility index (Phi) is 5.31. The minimum atomic E-state index is -0.212. The van der Waals surface area contributed by atoms with Gasteiger partial charge in [0.2, 0.25) is 5.91 Å². The van der Waals surface area contributed by atoms with Crippen molar-refractivity contribution in [2.45, 2.75) is 26.4 Å². The van der Waals surface area contributed by atoms with Crippen LogP contribution in [-0.2, 0) is 11.3 Å². The van der Waals surface area contributed by atoms with Gasteiger partial charge < -0.3 is 10.2 Å². The second-order valence-electron chi connectivity index (χ2n) is 5.94. The zero-order chi connectivity index (χ0) is 15.4. The van der Waals surface area contributed by atoms with Crippen molar-refractivity contribution in [3.8, 4) is 0 Å². The van der Waals surface area contributed by atoms with Crippen LogP contribution in [0.3, 0.4) is 0 Å². The lowest BCUT2D eigenvalue weighted by atomic mass is 10.1. The minimum Gasteiger partial charge on any atom is -0.351 e. The molecule has 1 aliphatic heterocycles. The van der Waals surface area contributed by atoms with Crippen molar-refractivity contribution >= 4 is 5.91 Å². The van der Waals surface area contributed by atoms with E-state index in [0.717, 1.165) is 25.2 Å². The summed E-state index contributed by atoms with van der Waals surface area (Å²) in [4.78, 5) is 16.5. The average Bonchev–Trinajstić information content (AvgIpc) is 2.43. The third kappa shape index (κ3) is 4.51. The minimum absolute atomic E-state index is 0.0216. The number of carbonyl (C=O) groups is 1. The third-order valence-corrected chi connectivity index (χ3v) is 4.03. The van der Waals surface area contributed by atoms with Crippen LogP contribution in [0.1, 0.15) is 18.1 Å². The summed E-state index contributed by atoms with van der Waals surface area (Å²) in [5.41, 5.74) is 1.53. The Labute approximate surface area is 125 Å². The highest BCUT2D eigenvalue weighted by atomic mass is 19.1. The van der Waals surface area contributed by atoms with Crippen LogP contribution in [0.2, 0.25) is 0 Å². The number of halogens is 1. The number of piperazine rings is 1. The largest absolute Gasteiger partial charge is 0.351 e.